The number of carbonyl (C=O) groups is 8. The van der Waals surface area contributed by atoms with Crippen LogP contribution in [-0.4, -0.2) is 155 Å². The second-order valence-electron chi connectivity index (χ2n) is 23.5. The molecule has 0 fully saturated rings. The summed E-state index contributed by atoms with van der Waals surface area (Å²) in [6, 6.07) is 14.5. The molecule has 4 N–H and O–H groups in total. The van der Waals surface area contributed by atoms with E-state index < -0.39 is 102 Å². The van der Waals surface area contributed by atoms with Crippen LogP contribution in [-0.2, 0) is 83.2 Å². The van der Waals surface area contributed by atoms with Gasteiger partial charge in [0.1, 0.15) is 72.9 Å². The Balaban J connectivity index is 1.29. The summed E-state index contributed by atoms with van der Waals surface area (Å²) in [5.74, 6) is -4.58. The molecule has 4 aromatic rings. The molecule has 2 aromatic carbocycles. The maximum atomic E-state index is 13.7. The van der Waals surface area contributed by atoms with Gasteiger partial charge in [-0.2, -0.15) is 0 Å². The van der Waals surface area contributed by atoms with Crippen molar-refractivity contribution in [3.8, 4) is 11.1 Å². The zero-order chi connectivity index (χ0) is 58.5. The molecule has 430 valence electrons. The fourth-order valence-electron chi connectivity index (χ4n) is 8.65. The normalized spacial score (nSPS) is 12.9. The lowest BCUT2D eigenvalue weighted by molar-refractivity contribution is -0.164. The Hall–Kier alpha value is -7.62. The minimum Gasteiger partial charge on any atom is -0.480 e. The fraction of sp³-hybridized carbons (Fsp3) is 0.544. The number of carbonyl (C=O) groups excluding carboxylic acids is 7. The summed E-state index contributed by atoms with van der Waals surface area (Å²) in [6.45, 7) is 18.9. The molecule has 0 saturated carbocycles. The highest BCUT2D eigenvalue weighted by Gasteiger charge is 2.32. The number of aromatic nitrogens is 4. The maximum Gasteiger partial charge on any atom is 0.407 e. The minimum absolute atomic E-state index is 0.0132. The van der Waals surface area contributed by atoms with Crippen molar-refractivity contribution in [1.29, 1.82) is 0 Å². The van der Waals surface area contributed by atoms with Crippen molar-refractivity contribution in [1.82, 2.24) is 40.0 Å². The quantitative estimate of drug-likeness (QED) is 0.0317. The van der Waals surface area contributed by atoms with Crippen molar-refractivity contribution < 1.29 is 67.1 Å². The summed E-state index contributed by atoms with van der Waals surface area (Å²) in [4.78, 5) is 124. The number of fused-ring (bicyclic) bond motifs is 3. The Kier molecular flexibility index (Phi) is 21.1. The number of hydrogen-bond donors (Lipinski definition) is 4. The summed E-state index contributed by atoms with van der Waals surface area (Å²) in [6.07, 6.45) is 2.40. The fourth-order valence-corrected chi connectivity index (χ4v) is 8.65. The molecule has 22 heteroatoms. The van der Waals surface area contributed by atoms with Crippen LogP contribution in [0.2, 0.25) is 0 Å². The van der Waals surface area contributed by atoms with Crippen LogP contribution in [0.25, 0.3) is 11.1 Å². The summed E-state index contributed by atoms with van der Waals surface area (Å²) in [5, 5.41) is 12.7. The largest absolute Gasteiger partial charge is 0.480 e. The van der Waals surface area contributed by atoms with Gasteiger partial charge in [0.2, 0.25) is 11.8 Å². The highest BCUT2D eigenvalue weighted by atomic mass is 16.6. The van der Waals surface area contributed by atoms with Crippen molar-refractivity contribution >= 4 is 47.8 Å². The second kappa shape index (κ2) is 26.8. The summed E-state index contributed by atoms with van der Waals surface area (Å²) in [7, 11) is 0. The van der Waals surface area contributed by atoms with Crippen LogP contribution in [0.5, 0.6) is 0 Å². The predicted molar refractivity (Wildman–Crippen MR) is 289 cm³/mol. The lowest BCUT2D eigenvalue weighted by atomic mass is 9.98. The van der Waals surface area contributed by atoms with Crippen molar-refractivity contribution in [3.05, 3.63) is 95.1 Å². The number of carboxylic acids is 1. The zero-order valence-corrected chi connectivity index (χ0v) is 47.6. The number of carboxylic acid groups (broad SMARTS) is 1. The first-order valence-electron chi connectivity index (χ1n) is 26.3. The third-order valence-electron chi connectivity index (χ3n) is 11.6. The van der Waals surface area contributed by atoms with Gasteiger partial charge >= 0.3 is 35.9 Å². The molecular weight excluding hydrogens is 1020 g/mol. The average Bonchev–Trinajstić information content (AvgIpc) is 4.15. The number of nitrogens with zero attached hydrogens (tertiary/aromatic N) is 5. The molecule has 0 radical (unpaired) electrons. The molecule has 1 aliphatic rings. The zero-order valence-electron chi connectivity index (χ0n) is 47.6. The Bertz CT molecular complexity index is 2570. The Morgan fingerprint density at radius 1 is 0.582 bits per heavy atom. The standard InChI is InChI=1S/C57H78N8O14/c1-54(2,3)76-48(68)31-64(32-49(69)77-55(4,5)6)46(66)25-36-27-58-44(60-36)29-63(30-45-59-28-37(61-45)26-47(67)65(33-50(70)78-56(7,8)9)34-51(71)79-57(10,11)12)24-18-17-23-43(52(72)73)62-53(74)75-35-42-40-21-15-13-19-38(40)39-20-14-16-22-41(39)42/h13-16,19-22,27-28,42-43H,17-18,23-26,29-35H2,1-12H3,(H,58,60)(H,59,61)(H,62,74)(H,72,73). The molecule has 2 heterocycles. The summed E-state index contributed by atoms with van der Waals surface area (Å²) < 4.78 is 27.4. The Morgan fingerprint density at radius 3 is 1.33 bits per heavy atom. The monoisotopic (exact) mass is 1100 g/mol. The number of ether oxygens (including phenoxy) is 5. The maximum absolute atomic E-state index is 13.7. The van der Waals surface area contributed by atoms with Gasteiger partial charge in [0.05, 0.1) is 25.9 Å². The molecule has 1 aliphatic carbocycles. The van der Waals surface area contributed by atoms with Gasteiger partial charge < -0.3 is 53.9 Å². The van der Waals surface area contributed by atoms with Crippen molar-refractivity contribution in [2.45, 2.75) is 163 Å². The average molecular weight is 1100 g/mol. The highest BCUT2D eigenvalue weighted by molar-refractivity contribution is 5.88. The van der Waals surface area contributed by atoms with E-state index in [1.807, 2.05) is 53.4 Å². The Morgan fingerprint density at radius 2 is 0.962 bits per heavy atom. The molecule has 1 atom stereocenters. The lowest BCUT2D eigenvalue weighted by Crippen LogP contribution is -2.43. The first-order chi connectivity index (χ1) is 36.8. The second-order valence-corrected chi connectivity index (χ2v) is 23.5. The molecule has 0 spiro atoms. The summed E-state index contributed by atoms with van der Waals surface area (Å²) >= 11 is 0. The molecule has 0 aliphatic heterocycles. The van der Waals surface area contributed by atoms with Crippen molar-refractivity contribution in [2.24, 2.45) is 0 Å². The van der Waals surface area contributed by atoms with Crippen molar-refractivity contribution in [2.75, 3.05) is 39.3 Å². The van der Waals surface area contributed by atoms with E-state index in [1.54, 1.807) is 83.1 Å². The smallest absolute Gasteiger partial charge is 0.407 e. The number of aromatic amines is 2. The first-order valence-corrected chi connectivity index (χ1v) is 26.3. The van der Waals surface area contributed by atoms with Gasteiger partial charge in [0.15, 0.2) is 0 Å². The molecule has 79 heavy (non-hydrogen) atoms. The number of aliphatic carboxylic acids is 1. The van der Waals surface area contributed by atoms with Crippen LogP contribution in [0.3, 0.4) is 0 Å². The number of amides is 3. The first kappa shape index (κ1) is 62.2. The van der Waals surface area contributed by atoms with E-state index in [1.165, 1.54) is 12.4 Å². The molecule has 5 rings (SSSR count). The van der Waals surface area contributed by atoms with Crippen LogP contribution in [0.15, 0.2) is 60.9 Å². The van der Waals surface area contributed by atoms with Crippen LogP contribution < -0.4 is 5.32 Å². The number of nitrogens with one attached hydrogen (secondary N) is 3. The molecular formula is C57H78N8O14. The highest BCUT2D eigenvalue weighted by Crippen LogP contribution is 2.44. The van der Waals surface area contributed by atoms with Gasteiger partial charge in [-0.3, -0.25) is 33.7 Å². The van der Waals surface area contributed by atoms with E-state index >= 15 is 0 Å². The predicted octanol–water partition coefficient (Wildman–Crippen LogP) is 6.41. The van der Waals surface area contributed by atoms with Crippen LogP contribution in [0.1, 0.15) is 142 Å². The lowest BCUT2D eigenvalue weighted by Gasteiger charge is -2.26. The van der Waals surface area contributed by atoms with Gasteiger partial charge in [0.25, 0.3) is 0 Å². The van der Waals surface area contributed by atoms with E-state index in [2.05, 4.69) is 25.3 Å². The van der Waals surface area contributed by atoms with Crippen LogP contribution >= 0.6 is 0 Å². The summed E-state index contributed by atoms with van der Waals surface area (Å²) in [5.41, 5.74) is 1.53. The number of esters is 4. The number of benzene rings is 2. The number of alkyl carbamates (subject to hydrolysis) is 1. The SMILES string of the molecule is CC(C)(C)OC(=O)CN(CC(=O)OC(C)(C)C)C(=O)Cc1cnc(CN(CCCCC(NC(=O)OCC2c3ccccc3-c3ccccc32)C(=O)O)Cc2ncc(CC(=O)N(CC(=O)OC(C)(C)C)CC(=O)OC(C)(C)C)[nH]2)[nH]1. The minimum atomic E-state index is -1.25. The van der Waals surface area contributed by atoms with E-state index in [0.29, 0.717) is 42.4 Å². The van der Waals surface area contributed by atoms with Gasteiger partial charge in [-0.1, -0.05) is 48.5 Å². The molecule has 3 amide bonds. The van der Waals surface area contributed by atoms with Crippen LogP contribution in [0.4, 0.5) is 4.79 Å². The molecule has 0 bridgehead atoms. The molecule has 2 aromatic heterocycles. The van der Waals surface area contributed by atoms with E-state index in [4.69, 9.17) is 23.7 Å². The van der Waals surface area contributed by atoms with Gasteiger partial charge in [-0.15, -0.1) is 0 Å². The molecule has 0 saturated heterocycles. The number of hydrogen-bond acceptors (Lipinski definition) is 16. The van der Waals surface area contributed by atoms with E-state index in [0.717, 1.165) is 32.1 Å². The van der Waals surface area contributed by atoms with Gasteiger partial charge in [-0.25, -0.2) is 19.6 Å². The molecule has 1 unspecified atom stereocenters. The number of H-pyrrole nitrogens is 2. The number of rotatable bonds is 25. The number of unbranched alkanes of at least 4 members (excludes halogenated alkanes) is 1. The van der Waals surface area contributed by atoms with E-state index in [9.17, 15) is 43.5 Å². The third kappa shape index (κ3) is 21.3. The third-order valence-corrected chi connectivity index (χ3v) is 11.6. The van der Waals surface area contributed by atoms with Gasteiger partial charge in [-0.05, 0) is 131 Å². The van der Waals surface area contributed by atoms with Crippen LogP contribution in [0, 0.1) is 0 Å². The van der Waals surface area contributed by atoms with E-state index in [-0.39, 0.29) is 44.9 Å². The number of imidazole rings is 2. The van der Waals surface area contributed by atoms with Crippen molar-refractivity contribution in [3.63, 3.8) is 0 Å². The molecule has 22 nitrogen and oxygen atoms in total. The van der Waals surface area contributed by atoms with Gasteiger partial charge in [0, 0.05) is 29.7 Å². The Labute approximate surface area is 461 Å². The topological polar surface area (TPSA) is 282 Å².